The zero-order valence-corrected chi connectivity index (χ0v) is 18.4. The van der Waals surface area contributed by atoms with Crippen LogP contribution in [0.15, 0.2) is 55.1 Å². The largest absolute Gasteiger partial charge is 0.368 e. The average molecular weight is 430 g/mol. The third-order valence-corrected chi connectivity index (χ3v) is 5.68. The van der Waals surface area contributed by atoms with Crippen LogP contribution in [0.2, 0.25) is 0 Å². The van der Waals surface area contributed by atoms with Crippen molar-refractivity contribution in [2.75, 3.05) is 36.4 Å². The molecule has 32 heavy (non-hydrogen) atoms. The summed E-state index contributed by atoms with van der Waals surface area (Å²) >= 11 is 0. The van der Waals surface area contributed by atoms with E-state index in [-0.39, 0.29) is 0 Å². The predicted molar refractivity (Wildman–Crippen MR) is 124 cm³/mol. The summed E-state index contributed by atoms with van der Waals surface area (Å²) in [5.41, 5.74) is 4.48. The molecule has 0 saturated carbocycles. The van der Waals surface area contributed by atoms with E-state index in [0.717, 1.165) is 55.7 Å². The first-order valence-corrected chi connectivity index (χ1v) is 10.8. The van der Waals surface area contributed by atoms with Gasteiger partial charge in [0.25, 0.3) is 0 Å². The summed E-state index contributed by atoms with van der Waals surface area (Å²) in [6.45, 7) is 8.91. The van der Waals surface area contributed by atoms with Crippen molar-refractivity contribution in [2.24, 2.45) is 0 Å². The van der Waals surface area contributed by atoms with Crippen LogP contribution in [0.1, 0.15) is 17.0 Å². The molecule has 5 heterocycles. The van der Waals surface area contributed by atoms with Crippen LogP contribution in [0.3, 0.4) is 0 Å². The maximum Gasteiger partial charge on any atom is 0.205 e. The van der Waals surface area contributed by atoms with Crippen LogP contribution in [-0.4, -0.2) is 60.8 Å². The van der Waals surface area contributed by atoms with Crippen molar-refractivity contribution >= 4 is 17.5 Å². The molecule has 4 aromatic heterocycles. The number of nitrogens with one attached hydrogen (secondary N) is 2. The number of imidazole rings is 1. The van der Waals surface area contributed by atoms with E-state index >= 15 is 0 Å². The van der Waals surface area contributed by atoms with Crippen LogP contribution in [0, 0.1) is 13.8 Å². The Morgan fingerprint density at radius 1 is 1.03 bits per heavy atom. The maximum absolute atomic E-state index is 4.75. The monoisotopic (exact) mass is 429 g/mol. The summed E-state index contributed by atoms with van der Waals surface area (Å²) in [6, 6.07) is 10.3. The first kappa shape index (κ1) is 20.2. The number of H-pyrrole nitrogens is 1. The molecule has 0 unspecified atom stereocenters. The lowest BCUT2D eigenvalue weighted by atomic mass is 10.2. The molecule has 4 aromatic rings. The summed E-state index contributed by atoms with van der Waals surface area (Å²) in [7, 11) is 0. The van der Waals surface area contributed by atoms with Gasteiger partial charge in [0.2, 0.25) is 5.95 Å². The number of aryl methyl sites for hydroxylation is 2. The lowest BCUT2D eigenvalue weighted by Gasteiger charge is -2.36. The highest BCUT2D eigenvalue weighted by atomic mass is 15.3. The number of rotatable bonds is 6. The van der Waals surface area contributed by atoms with E-state index < -0.39 is 0 Å². The molecule has 5 rings (SSSR count). The number of piperazine rings is 1. The summed E-state index contributed by atoms with van der Waals surface area (Å²) in [4.78, 5) is 21.5. The van der Waals surface area contributed by atoms with Gasteiger partial charge in [0, 0.05) is 63.2 Å². The Kier molecular flexibility index (Phi) is 5.55. The van der Waals surface area contributed by atoms with Gasteiger partial charge < -0.3 is 15.2 Å². The van der Waals surface area contributed by atoms with Crippen LogP contribution in [0.4, 0.5) is 17.5 Å². The van der Waals surface area contributed by atoms with Crippen LogP contribution >= 0.6 is 0 Å². The van der Waals surface area contributed by atoms with Crippen molar-refractivity contribution in [1.82, 2.24) is 34.6 Å². The molecule has 0 aliphatic carbocycles. The smallest absolute Gasteiger partial charge is 0.205 e. The van der Waals surface area contributed by atoms with Gasteiger partial charge in [0.1, 0.15) is 5.82 Å². The minimum atomic E-state index is 0.711. The fourth-order valence-electron chi connectivity index (χ4n) is 4.05. The van der Waals surface area contributed by atoms with Gasteiger partial charge >= 0.3 is 0 Å². The highest BCUT2D eigenvalue weighted by Gasteiger charge is 2.19. The van der Waals surface area contributed by atoms with E-state index in [2.05, 4.69) is 60.3 Å². The molecule has 9 nitrogen and oxygen atoms in total. The molecule has 2 N–H and O–H groups in total. The number of aromatic amines is 1. The first-order chi connectivity index (χ1) is 15.6. The number of pyridine rings is 2. The van der Waals surface area contributed by atoms with E-state index in [1.807, 2.05) is 31.5 Å². The third kappa shape index (κ3) is 4.47. The lowest BCUT2D eigenvalue weighted by molar-refractivity contribution is 0.249. The molecule has 0 bridgehead atoms. The summed E-state index contributed by atoms with van der Waals surface area (Å²) in [6.07, 6.45) is 7.33. The Bertz CT molecular complexity index is 1170. The van der Waals surface area contributed by atoms with Gasteiger partial charge in [-0.15, -0.1) is 0 Å². The topological polar surface area (TPSA) is 90.8 Å². The average Bonchev–Trinajstić information content (AvgIpc) is 3.47. The van der Waals surface area contributed by atoms with Gasteiger partial charge in [0.15, 0.2) is 5.82 Å². The molecule has 1 aliphatic rings. The SMILES string of the molecule is Cc1cnc(Nc2cc(CN3CCN(c4ccc(-n5cccn5)nc4C)CC3)ccn2)[nH]1. The Morgan fingerprint density at radius 2 is 1.91 bits per heavy atom. The van der Waals surface area contributed by atoms with Crippen LogP contribution in [0.25, 0.3) is 5.82 Å². The van der Waals surface area contributed by atoms with E-state index in [1.54, 1.807) is 17.1 Å². The van der Waals surface area contributed by atoms with Crippen LogP contribution in [0.5, 0.6) is 0 Å². The van der Waals surface area contributed by atoms with Crippen molar-refractivity contribution in [3.63, 3.8) is 0 Å². The van der Waals surface area contributed by atoms with Gasteiger partial charge in [-0.25, -0.2) is 19.6 Å². The first-order valence-electron chi connectivity index (χ1n) is 10.8. The molecule has 0 amide bonds. The fraction of sp³-hybridized carbons (Fsp3) is 0.304. The molecule has 0 aromatic carbocycles. The van der Waals surface area contributed by atoms with Crippen LogP contribution < -0.4 is 10.2 Å². The van der Waals surface area contributed by atoms with E-state index in [4.69, 9.17) is 4.98 Å². The Labute approximate surface area is 187 Å². The number of hydrogen-bond donors (Lipinski definition) is 2. The van der Waals surface area contributed by atoms with Gasteiger partial charge in [-0.3, -0.25) is 4.90 Å². The molecular formula is C23H27N9. The van der Waals surface area contributed by atoms with Gasteiger partial charge in [0.05, 0.1) is 11.4 Å². The fourth-order valence-corrected chi connectivity index (χ4v) is 4.05. The third-order valence-electron chi connectivity index (χ3n) is 5.68. The maximum atomic E-state index is 4.75. The van der Waals surface area contributed by atoms with Crippen molar-refractivity contribution in [3.8, 4) is 5.82 Å². The highest BCUT2D eigenvalue weighted by Crippen LogP contribution is 2.22. The minimum Gasteiger partial charge on any atom is -0.368 e. The van der Waals surface area contributed by atoms with Crippen LogP contribution in [-0.2, 0) is 6.54 Å². The molecule has 1 fully saturated rings. The standard InChI is InChI=1S/C23H27N9/c1-17-15-25-23(27-17)29-21-14-19(6-8-24-21)16-30-10-12-31(13-11-30)20-4-5-22(28-18(20)2)32-9-3-7-26-32/h3-9,14-15H,10-13,16H2,1-2H3,(H2,24,25,27,29). The molecule has 0 atom stereocenters. The van der Waals surface area contributed by atoms with Gasteiger partial charge in [-0.05, 0) is 49.7 Å². The predicted octanol–water partition coefficient (Wildman–Crippen LogP) is 3.07. The second-order valence-corrected chi connectivity index (χ2v) is 8.08. The summed E-state index contributed by atoms with van der Waals surface area (Å²) in [5, 5.41) is 7.50. The molecule has 164 valence electrons. The summed E-state index contributed by atoms with van der Waals surface area (Å²) < 4.78 is 1.79. The van der Waals surface area contributed by atoms with Gasteiger partial charge in [-0.1, -0.05) is 0 Å². The molecule has 0 spiro atoms. The molecule has 1 saturated heterocycles. The van der Waals surface area contributed by atoms with Gasteiger partial charge in [-0.2, -0.15) is 5.10 Å². The second kappa shape index (κ2) is 8.80. The molecule has 1 aliphatic heterocycles. The molecule has 0 radical (unpaired) electrons. The van der Waals surface area contributed by atoms with Crippen molar-refractivity contribution in [3.05, 3.63) is 72.1 Å². The minimum absolute atomic E-state index is 0.711. The Morgan fingerprint density at radius 3 is 2.62 bits per heavy atom. The molecular weight excluding hydrogens is 402 g/mol. The number of anilines is 3. The Hall–Kier alpha value is -3.72. The van der Waals surface area contributed by atoms with E-state index in [0.29, 0.717) is 5.95 Å². The quantitative estimate of drug-likeness (QED) is 0.487. The normalized spacial score (nSPS) is 14.6. The number of nitrogens with zero attached hydrogens (tertiary/aromatic N) is 7. The number of aromatic nitrogens is 6. The van der Waals surface area contributed by atoms with Crippen molar-refractivity contribution < 1.29 is 0 Å². The highest BCUT2D eigenvalue weighted by molar-refractivity contribution is 5.53. The second-order valence-electron chi connectivity index (χ2n) is 8.08. The Balaban J connectivity index is 1.19. The number of hydrogen-bond acceptors (Lipinski definition) is 7. The zero-order valence-electron chi connectivity index (χ0n) is 18.4. The summed E-state index contributed by atoms with van der Waals surface area (Å²) in [5.74, 6) is 2.36. The van der Waals surface area contributed by atoms with Crippen molar-refractivity contribution in [2.45, 2.75) is 20.4 Å². The van der Waals surface area contributed by atoms with E-state index in [9.17, 15) is 0 Å². The van der Waals surface area contributed by atoms with Crippen molar-refractivity contribution in [1.29, 1.82) is 0 Å². The zero-order chi connectivity index (χ0) is 21.9. The van der Waals surface area contributed by atoms with E-state index in [1.165, 1.54) is 11.3 Å². The molecule has 9 heteroatoms. The lowest BCUT2D eigenvalue weighted by Crippen LogP contribution is -2.46.